The maximum absolute atomic E-state index is 4.97. The van der Waals surface area contributed by atoms with E-state index in [1.54, 1.807) is 21.3 Å². The Labute approximate surface area is 118 Å². The van der Waals surface area contributed by atoms with Crippen LogP contribution < -0.4 is 4.74 Å². The van der Waals surface area contributed by atoms with Crippen LogP contribution in [0.4, 0.5) is 0 Å². The molecule has 0 heterocycles. The molecule has 0 aliphatic heterocycles. The average molecular weight is 270 g/mol. The van der Waals surface area contributed by atoms with Crippen molar-refractivity contribution in [2.24, 2.45) is 0 Å². The molecule has 1 aromatic carbocycles. The zero-order valence-electron chi connectivity index (χ0n) is 13.4. The van der Waals surface area contributed by atoms with Crippen LogP contribution >= 0.6 is 0 Å². The van der Waals surface area contributed by atoms with E-state index in [0.29, 0.717) is 0 Å². The molecular formula is C16H30O3. The molecule has 0 bridgehead atoms. The molecule has 112 valence electrons. The Bertz CT molecular complexity index is 251. The van der Waals surface area contributed by atoms with Gasteiger partial charge in [-0.3, -0.25) is 0 Å². The smallest absolute Gasteiger partial charge is 0.118 e. The molecular weight excluding hydrogens is 240 g/mol. The van der Waals surface area contributed by atoms with Crippen molar-refractivity contribution in [2.45, 2.75) is 33.6 Å². The Hall–Kier alpha value is -1.06. The predicted octanol–water partition coefficient (Wildman–Crippen LogP) is 4.09. The Kier molecular flexibility index (Phi) is 18.1. The molecule has 0 aliphatic carbocycles. The minimum absolute atomic E-state index is 0.819. The first kappa shape index (κ1) is 20.3. The number of benzene rings is 1. The maximum Gasteiger partial charge on any atom is 0.118 e. The molecule has 0 fully saturated rings. The third-order valence-electron chi connectivity index (χ3n) is 2.25. The molecule has 0 atom stereocenters. The molecule has 0 amide bonds. The summed E-state index contributed by atoms with van der Waals surface area (Å²) < 4.78 is 14.3. The van der Waals surface area contributed by atoms with Crippen LogP contribution in [0.1, 0.15) is 32.3 Å². The highest BCUT2D eigenvalue weighted by atomic mass is 16.5. The third-order valence-corrected chi connectivity index (χ3v) is 2.25. The van der Waals surface area contributed by atoms with Gasteiger partial charge in [0.05, 0.1) is 7.11 Å². The molecule has 1 aromatic rings. The number of aryl methyl sites for hydroxylation is 1. The van der Waals surface area contributed by atoms with Crippen molar-refractivity contribution in [2.75, 3.05) is 34.5 Å². The van der Waals surface area contributed by atoms with Gasteiger partial charge in [-0.2, -0.15) is 0 Å². The SMILES string of the molecule is CCCCOC.CCOC.COc1ccc(C)cc1. The van der Waals surface area contributed by atoms with Crippen molar-refractivity contribution >= 4 is 0 Å². The number of hydrogen-bond acceptors (Lipinski definition) is 3. The van der Waals surface area contributed by atoms with Crippen molar-refractivity contribution in [1.29, 1.82) is 0 Å². The van der Waals surface area contributed by atoms with Crippen LogP contribution in [0.3, 0.4) is 0 Å². The summed E-state index contributed by atoms with van der Waals surface area (Å²) in [6.45, 7) is 7.90. The fourth-order valence-corrected chi connectivity index (χ4v) is 0.963. The van der Waals surface area contributed by atoms with E-state index >= 15 is 0 Å². The van der Waals surface area contributed by atoms with Crippen molar-refractivity contribution in [1.82, 2.24) is 0 Å². The molecule has 0 saturated heterocycles. The minimum Gasteiger partial charge on any atom is -0.497 e. The zero-order chi connectivity index (χ0) is 14.9. The second kappa shape index (κ2) is 16.9. The largest absolute Gasteiger partial charge is 0.497 e. The van der Waals surface area contributed by atoms with Gasteiger partial charge in [0.1, 0.15) is 5.75 Å². The summed E-state index contributed by atoms with van der Waals surface area (Å²) in [7, 11) is 5.08. The first-order chi connectivity index (χ1) is 9.15. The lowest BCUT2D eigenvalue weighted by Gasteiger charge is -1.97. The quantitative estimate of drug-likeness (QED) is 0.754. The standard InChI is InChI=1S/C8H10O.C5H12O.C3H8O/c1-7-3-5-8(9-2)6-4-7;1-3-4-5-6-2;1-3-4-2/h3-6H,1-2H3;3-5H2,1-2H3;3H2,1-2H3. The normalized spacial score (nSPS) is 8.74. The second-order valence-electron chi connectivity index (χ2n) is 3.94. The third kappa shape index (κ3) is 16.9. The lowest BCUT2D eigenvalue weighted by molar-refractivity contribution is 0.194. The van der Waals surface area contributed by atoms with Gasteiger partial charge in [0.25, 0.3) is 0 Å². The van der Waals surface area contributed by atoms with Gasteiger partial charge in [0.2, 0.25) is 0 Å². The summed E-state index contributed by atoms with van der Waals surface area (Å²) in [6.07, 6.45) is 2.42. The summed E-state index contributed by atoms with van der Waals surface area (Å²) in [5, 5.41) is 0. The highest BCUT2D eigenvalue weighted by Gasteiger charge is 1.85. The maximum atomic E-state index is 4.97. The summed E-state index contributed by atoms with van der Waals surface area (Å²) in [5.74, 6) is 0.917. The highest BCUT2D eigenvalue weighted by Crippen LogP contribution is 2.09. The van der Waals surface area contributed by atoms with Crippen molar-refractivity contribution in [3.8, 4) is 5.75 Å². The average Bonchev–Trinajstić information content (AvgIpc) is 2.47. The highest BCUT2D eigenvalue weighted by molar-refractivity contribution is 5.25. The Morgan fingerprint density at radius 2 is 1.42 bits per heavy atom. The molecule has 3 nitrogen and oxygen atoms in total. The van der Waals surface area contributed by atoms with Crippen LogP contribution in [0.25, 0.3) is 0 Å². The predicted molar refractivity (Wildman–Crippen MR) is 82.1 cm³/mol. The molecule has 0 aromatic heterocycles. The Morgan fingerprint density at radius 1 is 0.895 bits per heavy atom. The molecule has 0 radical (unpaired) electrons. The van der Waals surface area contributed by atoms with E-state index in [4.69, 9.17) is 9.47 Å². The summed E-state index contributed by atoms with van der Waals surface area (Å²) in [5.41, 5.74) is 1.26. The van der Waals surface area contributed by atoms with E-state index in [0.717, 1.165) is 19.0 Å². The monoisotopic (exact) mass is 270 g/mol. The molecule has 0 saturated carbocycles. The molecule has 0 aliphatic rings. The van der Waals surface area contributed by atoms with E-state index in [1.807, 2.05) is 31.2 Å². The van der Waals surface area contributed by atoms with Gasteiger partial charge in [-0.1, -0.05) is 31.0 Å². The van der Waals surface area contributed by atoms with Gasteiger partial charge < -0.3 is 14.2 Å². The molecule has 19 heavy (non-hydrogen) atoms. The second-order valence-corrected chi connectivity index (χ2v) is 3.94. The first-order valence-electron chi connectivity index (χ1n) is 6.74. The molecule has 0 N–H and O–H groups in total. The Balaban J connectivity index is 0. The van der Waals surface area contributed by atoms with Gasteiger partial charge in [0.15, 0.2) is 0 Å². The Morgan fingerprint density at radius 3 is 1.68 bits per heavy atom. The van der Waals surface area contributed by atoms with Crippen LogP contribution in [0.15, 0.2) is 24.3 Å². The number of ether oxygens (including phenoxy) is 3. The minimum atomic E-state index is 0.819. The van der Waals surface area contributed by atoms with Crippen molar-refractivity contribution in [3.63, 3.8) is 0 Å². The van der Waals surface area contributed by atoms with Crippen molar-refractivity contribution < 1.29 is 14.2 Å². The van der Waals surface area contributed by atoms with Gasteiger partial charge in [-0.15, -0.1) is 0 Å². The van der Waals surface area contributed by atoms with Gasteiger partial charge in [-0.05, 0) is 32.4 Å². The van der Waals surface area contributed by atoms with Crippen LogP contribution in [-0.4, -0.2) is 34.5 Å². The number of rotatable bonds is 5. The number of hydrogen-bond donors (Lipinski definition) is 0. The molecule has 0 unspecified atom stereocenters. The van der Waals surface area contributed by atoms with E-state index in [-0.39, 0.29) is 0 Å². The van der Waals surface area contributed by atoms with E-state index < -0.39 is 0 Å². The lowest BCUT2D eigenvalue weighted by Crippen LogP contribution is -1.84. The van der Waals surface area contributed by atoms with Gasteiger partial charge >= 0.3 is 0 Å². The number of unbranched alkanes of at least 4 members (excludes halogenated alkanes) is 1. The number of methoxy groups -OCH3 is 3. The molecule has 3 heteroatoms. The summed E-state index contributed by atoms with van der Waals surface area (Å²) >= 11 is 0. The van der Waals surface area contributed by atoms with E-state index in [9.17, 15) is 0 Å². The molecule has 0 spiro atoms. The zero-order valence-corrected chi connectivity index (χ0v) is 13.4. The first-order valence-corrected chi connectivity index (χ1v) is 6.74. The summed E-state index contributed by atoms with van der Waals surface area (Å²) in [6, 6.07) is 7.96. The fraction of sp³-hybridized carbons (Fsp3) is 0.625. The van der Waals surface area contributed by atoms with E-state index in [2.05, 4.69) is 18.6 Å². The van der Waals surface area contributed by atoms with Gasteiger partial charge in [-0.25, -0.2) is 0 Å². The van der Waals surface area contributed by atoms with Crippen LogP contribution in [0, 0.1) is 6.92 Å². The summed E-state index contributed by atoms with van der Waals surface area (Å²) in [4.78, 5) is 0. The fourth-order valence-electron chi connectivity index (χ4n) is 0.963. The van der Waals surface area contributed by atoms with Gasteiger partial charge in [0, 0.05) is 27.4 Å². The van der Waals surface area contributed by atoms with E-state index in [1.165, 1.54) is 18.4 Å². The lowest BCUT2D eigenvalue weighted by atomic mass is 10.2. The van der Waals surface area contributed by atoms with Crippen LogP contribution in [0.2, 0.25) is 0 Å². The van der Waals surface area contributed by atoms with Crippen molar-refractivity contribution in [3.05, 3.63) is 29.8 Å². The molecule has 1 rings (SSSR count). The van der Waals surface area contributed by atoms with Crippen LogP contribution in [0.5, 0.6) is 5.75 Å². The topological polar surface area (TPSA) is 27.7 Å². The van der Waals surface area contributed by atoms with Crippen LogP contribution in [-0.2, 0) is 9.47 Å².